The van der Waals surface area contributed by atoms with Crippen molar-refractivity contribution in [2.75, 3.05) is 25.5 Å². The van der Waals surface area contributed by atoms with Gasteiger partial charge in [0, 0.05) is 36.9 Å². The van der Waals surface area contributed by atoms with E-state index in [-0.39, 0.29) is 11.9 Å². The Morgan fingerprint density at radius 2 is 1.83 bits per heavy atom. The highest BCUT2D eigenvalue weighted by Gasteiger charge is 2.24. The van der Waals surface area contributed by atoms with E-state index in [2.05, 4.69) is 39.8 Å². The first-order valence-electron chi connectivity index (χ1n) is 10.3. The molecule has 1 fully saturated rings. The summed E-state index contributed by atoms with van der Waals surface area (Å²) in [6, 6.07) is 25.9. The molecule has 5 heteroatoms. The molecule has 5 nitrogen and oxygen atoms in total. The minimum absolute atomic E-state index is 0.0368. The summed E-state index contributed by atoms with van der Waals surface area (Å²) >= 11 is 0. The summed E-state index contributed by atoms with van der Waals surface area (Å²) in [4.78, 5) is 15.2. The first kappa shape index (κ1) is 20.0. The number of anilines is 2. The summed E-state index contributed by atoms with van der Waals surface area (Å²) in [5.74, 6) is 0.724. The van der Waals surface area contributed by atoms with Gasteiger partial charge in [0.1, 0.15) is 5.75 Å². The summed E-state index contributed by atoms with van der Waals surface area (Å²) in [6.45, 7) is 2.79. The van der Waals surface area contributed by atoms with Crippen LogP contribution >= 0.6 is 0 Å². The fourth-order valence-electron chi connectivity index (χ4n) is 3.85. The minimum atomic E-state index is -0.0368. The summed E-state index contributed by atoms with van der Waals surface area (Å²) in [6.07, 6.45) is 0.970. The number of hydrogen-bond donors (Lipinski definition) is 2. The lowest BCUT2D eigenvalue weighted by Gasteiger charge is -2.17. The molecule has 0 saturated carbocycles. The summed E-state index contributed by atoms with van der Waals surface area (Å²) < 4.78 is 5.39. The smallest absolute Gasteiger partial charge is 0.251 e. The molecule has 0 radical (unpaired) electrons. The standard InChI is InChI=1S/C25H27N3O2/c1-30-24-13-6-5-12-23(24)26-21-11-7-10-20(16-21)25(29)27-22-14-15-28(18-22)17-19-8-3-2-4-9-19/h2-13,16,22,26H,14-15,17-18H2,1H3,(H,27,29). The number of hydrogen-bond acceptors (Lipinski definition) is 4. The predicted molar refractivity (Wildman–Crippen MR) is 120 cm³/mol. The van der Waals surface area contributed by atoms with Gasteiger partial charge in [-0.2, -0.15) is 0 Å². The number of amides is 1. The van der Waals surface area contributed by atoms with E-state index >= 15 is 0 Å². The highest BCUT2D eigenvalue weighted by Crippen LogP contribution is 2.27. The lowest BCUT2D eigenvalue weighted by molar-refractivity contribution is 0.0937. The zero-order valence-electron chi connectivity index (χ0n) is 17.2. The van der Waals surface area contributed by atoms with Crippen LogP contribution in [-0.4, -0.2) is 37.0 Å². The third-order valence-corrected chi connectivity index (χ3v) is 5.37. The summed E-state index contributed by atoms with van der Waals surface area (Å²) in [5.41, 5.74) is 3.67. The quantitative estimate of drug-likeness (QED) is 0.614. The van der Waals surface area contributed by atoms with E-state index < -0.39 is 0 Å². The van der Waals surface area contributed by atoms with Crippen LogP contribution in [0.4, 0.5) is 11.4 Å². The number of methoxy groups -OCH3 is 1. The second-order valence-corrected chi connectivity index (χ2v) is 7.59. The topological polar surface area (TPSA) is 53.6 Å². The number of ether oxygens (including phenoxy) is 1. The average Bonchev–Trinajstić information content (AvgIpc) is 3.21. The van der Waals surface area contributed by atoms with Crippen LogP contribution in [0.1, 0.15) is 22.3 Å². The highest BCUT2D eigenvalue weighted by molar-refractivity contribution is 5.95. The Morgan fingerprint density at radius 1 is 1.03 bits per heavy atom. The molecule has 154 valence electrons. The van der Waals surface area contributed by atoms with Gasteiger partial charge in [0.05, 0.1) is 12.8 Å². The molecule has 1 aliphatic rings. The van der Waals surface area contributed by atoms with Crippen LogP contribution in [0.5, 0.6) is 5.75 Å². The third kappa shape index (κ3) is 4.99. The number of nitrogens with one attached hydrogen (secondary N) is 2. The average molecular weight is 402 g/mol. The Labute approximate surface area is 177 Å². The third-order valence-electron chi connectivity index (χ3n) is 5.37. The summed E-state index contributed by atoms with van der Waals surface area (Å²) in [5, 5.41) is 6.52. The maximum absolute atomic E-state index is 12.8. The maximum atomic E-state index is 12.8. The Kier molecular flexibility index (Phi) is 6.30. The molecule has 1 amide bonds. The van der Waals surface area contributed by atoms with Crippen molar-refractivity contribution in [3.63, 3.8) is 0 Å². The van der Waals surface area contributed by atoms with Gasteiger partial charge >= 0.3 is 0 Å². The molecule has 1 atom stereocenters. The van der Waals surface area contributed by atoms with Gasteiger partial charge in [0.2, 0.25) is 0 Å². The van der Waals surface area contributed by atoms with E-state index in [1.807, 2.05) is 54.6 Å². The lowest BCUT2D eigenvalue weighted by Crippen LogP contribution is -2.37. The first-order valence-corrected chi connectivity index (χ1v) is 10.3. The van der Waals surface area contributed by atoms with Crippen molar-refractivity contribution in [3.05, 3.63) is 90.0 Å². The SMILES string of the molecule is COc1ccccc1Nc1cccc(C(=O)NC2CCN(Cc3ccccc3)C2)c1. The maximum Gasteiger partial charge on any atom is 0.251 e. The van der Waals surface area contributed by atoms with E-state index in [0.717, 1.165) is 43.2 Å². The van der Waals surface area contributed by atoms with Crippen molar-refractivity contribution in [1.29, 1.82) is 0 Å². The molecule has 0 spiro atoms. The molecule has 0 aliphatic carbocycles. The van der Waals surface area contributed by atoms with Crippen LogP contribution in [-0.2, 0) is 6.54 Å². The van der Waals surface area contributed by atoms with Gasteiger partial charge in [0.25, 0.3) is 5.91 Å². The molecular weight excluding hydrogens is 374 g/mol. The molecule has 1 heterocycles. The molecule has 30 heavy (non-hydrogen) atoms. The van der Waals surface area contributed by atoms with Crippen molar-refractivity contribution < 1.29 is 9.53 Å². The van der Waals surface area contributed by atoms with Crippen LogP contribution in [0.2, 0.25) is 0 Å². The largest absolute Gasteiger partial charge is 0.495 e. The molecule has 1 aliphatic heterocycles. The molecule has 4 rings (SSSR count). The first-order chi connectivity index (χ1) is 14.7. The van der Waals surface area contributed by atoms with E-state index in [1.165, 1.54) is 5.56 Å². The molecule has 0 aromatic heterocycles. The van der Waals surface area contributed by atoms with E-state index in [0.29, 0.717) is 5.56 Å². The Hall–Kier alpha value is -3.31. The number of carbonyl (C=O) groups is 1. The number of benzene rings is 3. The van der Waals surface area contributed by atoms with Crippen molar-refractivity contribution in [2.45, 2.75) is 19.0 Å². The summed E-state index contributed by atoms with van der Waals surface area (Å²) in [7, 11) is 1.65. The van der Waals surface area contributed by atoms with Crippen molar-refractivity contribution in [2.24, 2.45) is 0 Å². The van der Waals surface area contributed by atoms with Crippen molar-refractivity contribution in [1.82, 2.24) is 10.2 Å². The Bertz CT molecular complexity index is 990. The Balaban J connectivity index is 1.35. The van der Waals surface area contributed by atoms with Gasteiger partial charge in [-0.25, -0.2) is 0 Å². The van der Waals surface area contributed by atoms with Crippen LogP contribution in [0.3, 0.4) is 0 Å². The molecule has 1 unspecified atom stereocenters. The molecular formula is C25H27N3O2. The fraction of sp³-hybridized carbons (Fsp3) is 0.240. The van der Waals surface area contributed by atoms with Gasteiger partial charge in [0.15, 0.2) is 0 Å². The second-order valence-electron chi connectivity index (χ2n) is 7.59. The molecule has 0 bridgehead atoms. The molecule has 1 saturated heterocycles. The van der Waals surface area contributed by atoms with Crippen molar-refractivity contribution in [3.8, 4) is 5.75 Å². The normalized spacial score (nSPS) is 16.2. The second kappa shape index (κ2) is 9.46. The molecule has 3 aromatic carbocycles. The van der Waals surface area contributed by atoms with E-state index in [4.69, 9.17) is 4.74 Å². The number of carbonyl (C=O) groups excluding carboxylic acids is 1. The fourth-order valence-corrected chi connectivity index (χ4v) is 3.85. The molecule has 2 N–H and O–H groups in total. The zero-order valence-corrected chi connectivity index (χ0v) is 17.2. The predicted octanol–water partition coefficient (Wildman–Crippen LogP) is 4.44. The van der Waals surface area contributed by atoms with Gasteiger partial charge < -0.3 is 15.4 Å². The number of rotatable bonds is 7. The van der Waals surface area contributed by atoms with Crippen LogP contribution < -0.4 is 15.4 Å². The minimum Gasteiger partial charge on any atom is -0.495 e. The van der Waals surface area contributed by atoms with Gasteiger partial charge in [-0.1, -0.05) is 48.5 Å². The monoisotopic (exact) mass is 401 g/mol. The zero-order chi connectivity index (χ0) is 20.8. The van der Waals surface area contributed by atoms with Gasteiger partial charge in [-0.3, -0.25) is 9.69 Å². The van der Waals surface area contributed by atoms with Crippen molar-refractivity contribution >= 4 is 17.3 Å². The van der Waals surface area contributed by atoms with Gasteiger partial charge in [-0.05, 0) is 42.3 Å². The van der Waals surface area contributed by atoms with Crippen LogP contribution in [0.15, 0.2) is 78.9 Å². The number of nitrogens with zero attached hydrogens (tertiary/aromatic N) is 1. The number of likely N-dealkylation sites (tertiary alicyclic amines) is 1. The lowest BCUT2D eigenvalue weighted by atomic mass is 10.1. The van der Waals surface area contributed by atoms with Crippen LogP contribution in [0, 0.1) is 0 Å². The highest BCUT2D eigenvalue weighted by atomic mass is 16.5. The van der Waals surface area contributed by atoms with E-state index in [1.54, 1.807) is 7.11 Å². The Morgan fingerprint density at radius 3 is 2.67 bits per heavy atom. The van der Waals surface area contributed by atoms with E-state index in [9.17, 15) is 4.79 Å². The number of para-hydroxylation sites is 2. The molecule has 3 aromatic rings. The van der Waals surface area contributed by atoms with Gasteiger partial charge in [-0.15, -0.1) is 0 Å². The van der Waals surface area contributed by atoms with Crippen LogP contribution in [0.25, 0.3) is 0 Å².